The van der Waals surface area contributed by atoms with E-state index in [4.69, 9.17) is 17.0 Å². The van der Waals surface area contributed by atoms with E-state index in [0.717, 1.165) is 12.3 Å². The number of quaternary nitrogens is 1. The molecule has 3 rings (SSSR count). The maximum Gasteiger partial charge on any atom is 0.202 e. The molecule has 0 spiro atoms. The Kier molecular flexibility index (Phi) is 6.03. The zero-order chi connectivity index (χ0) is 19.4. The third-order valence-corrected chi connectivity index (χ3v) is 4.80. The van der Waals surface area contributed by atoms with E-state index in [1.165, 1.54) is 16.5 Å². The summed E-state index contributed by atoms with van der Waals surface area (Å²) in [6, 6.07) is 14.7. The standard InChI is InChI=1S/C20H23FN4OS/c1-4-26-16-11-9-15(10-12-16)13-23(2)14-25-20(27)24(3)19(22-25)17-7-5-6-8-18(17)21/h5-12H,4,13-14H2,1-3H3/p+1. The van der Waals surface area contributed by atoms with Crippen LogP contribution in [0.4, 0.5) is 4.39 Å². The van der Waals surface area contributed by atoms with Crippen LogP contribution in [0.3, 0.4) is 0 Å². The average Bonchev–Trinajstić information content (AvgIpc) is 2.92. The van der Waals surface area contributed by atoms with E-state index in [0.29, 0.717) is 29.4 Å². The minimum Gasteiger partial charge on any atom is -0.494 e. The van der Waals surface area contributed by atoms with Crippen LogP contribution in [0.25, 0.3) is 11.4 Å². The fraction of sp³-hybridized carbons (Fsp3) is 0.300. The van der Waals surface area contributed by atoms with E-state index in [2.05, 4.69) is 24.3 Å². The van der Waals surface area contributed by atoms with Crippen LogP contribution in [-0.4, -0.2) is 28.0 Å². The number of hydrogen-bond donors (Lipinski definition) is 1. The molecule has 1 atom stereocenters. The molecule has 0 amide bonds. The number of aromatic nitrogens is 3. The van der Waals surface area contributed by atoms with Gasteiger partial charge in [-0.2, -0.15) is 4.68 Å². The normalized spacial score (nSPS) is 12.1. The fourth-order valence-corrected chi connectivity index (χ4v) is 3.19. The van der Waals surface area contributed by atoms with Crippen LogP contribution in [0.5, 0.6) is 5.75 Å². The highest BCUT2D eigenvalue weighted by Crippen LogP contribution is 2.20. The van der Waals surface area contributed by atoms with Gasteiger partial charge in [0.05, 0.1) is 19.2 Å². The Bertz CT molecular complexity index is 965. The predicted molar refractivity (Wildman–Crippen MR) is 106 cm³/mol. The van der Waals surface area contributed by atoms with Gasteiger partial charge in [0.1, 0.15) is 18.1 Å². The van der Waals surface area contributed by atoms with Crippen molar-refractivity contribution in [2.75, 3.05) is 13.7 Å². The third kappa shape index (κ3) is 4.43. The minimum atomic E-state index is -0.303. The van der Waals surface area contributed by atoms with Crippen molar-refractivity contribution < 1.29 is 14.0 Å². The summed E-state index contributed by atoms with van der Waals surface area (Å²) in [6.45, 7) is 4.04. The van der Waals surface area contributed by atoms with Crippen LogP contribution in [0.1, 0.15) is 12.5 Å². The zero-order valence-corrected chi connectivity index (χ0v) is 16.6. The highest BCUT2D eigenvalue weighted by Gasteiger charge is 2.15. The molecular weight excluding hydrogens is 363 g/mol. The summed E-state index contributed by atoms with van der Waals surface area (Å²) in [6.07, 6.45) is 0. The zero-order valence-electron chi connectivity index (χ0n) is 15.8. The van der Waals surface area contributed by atoms with Crippen molar-refractivity contribution in [2.45, 2.75) is 20.1 Å². The molecule has 0 bridgehead atoms. The maximum absolute atomic E-state index is 14.1. The van der Waals surface area contributed by atoms with Crippen LogP contribution < -0.4 is 9.64 Å². The van der Waals surface area contributed by atoms with Crippen molar-refractivity contribution in [3.05, 3.63) is 64.7 Å². The van der Waals surface area contributed by atoms with E-state index in [1.54, 1.807) is 27.4 Å². The van der Waals surface area contributed by atoms with Gasteiger partial charge in [-0.3, -0.25) is 0 Å². The highest BCUT2D eigenvalue weighted by atomic mass is 32.1. The first-order valence-corrected chi connectivity index (χ1v) is 9.32. The summed E-state index contributed by atoms with van der Waals surface area (Å²) >= 11 is 5.50. The maximum atomic E-state index is 14.1. The van der Waals surface area contributed by atoms with Crippen molar-refractivity contribution in [1.82, 2.24) is 14.3 Å². The number of ether oxygens (including phenoxy) is 1. The summed E-state index contributed by atoms with van der Waals surface area (Å²) in [7, 11) is 3.89. The molecule has 142 valence electrons. The van der Waals surface area contributed by atoms with Crippen molar-refractivity contribution in [2.24, 2.45) is 7.05 Å². The molecule has 1 heterocycles. The molecule has 27 heavy (non-hydrogen) atoms. The van der Waals surface area contributed by atoms with E-state index >= 15 is 0 Å². The largest absolute Gasteiger partial charge is 0.494 e. The minimum absolute atomic E-state index is 0.303. The Balaban J connectivity index is 1.75. The molecule has 1 aromatic heterocycles. The van der Waals surface area contributed by atoms with Crippen LogP contribution in [0, 0.1) is 10.6 Å². The van der Waals surface area contributed by atoms with Crippen molar-refractivity contribution >= 4 is 12.2 Å². The Morgan fingerprint density at radius 1 is 1.15 bits per heavy atom. The van der Waals surface area contributed by atoms with Gasteiger partial charge in [-0.15, -0.1) is 5.10 Å². The summed E-state index contributed by atoms with van der Waals surface area (Å²) in [5.41, 5.74) is 1.65. The molecule has 0 aliphatic heterocycles. The fourth-order valence-electron chi connectivity index (χ4n) is 3.00. The number of benzene rings is 2. The number of halogens is 1. The first-order chi connectivity index (χ1) is 13.0. The predicted octanol–water partition coefficient (Wildman–Crippen LogP) is 2.83. The molecule has 5 nitrogen and oxygen atoms in total. The second kappa shape index (κ2) is 8.45. The summed E-state index contributed by atoms with van der Waals surface area (Å²) in [4.78, 5) is 1.22. The van der Waals surface area contributed by atoms with E-state index in [1.807, 2.05) is 26.1 Å². The Labute approximate surface area is 163 Å². The molecule has 7 heteroatoms. The molecule has 1 N–H and O–H groups in total. The van der Waals surface area contributed by atoms with Crippen LogP contribution in [0.2, 0.25) is 0 Å². The topological polar surface area (TPSA) is 36.4 Å². The van der Waals surface area contributed by atoms with E-state index in [9.17, 15) is 4.39 Å². The summed E-state index contributed by atoms with van der Waals surface area (Å²) in [5, 5.41) is 4.56. The van der Waals surface area contributed by atoms with Gasteiger partial charge in [-0.05, 0) is 55.5 Å². The van der Waals surface area contributed by atoms with Gasteiger partial charge in [0.25, 0.3) is 0 Å². The molecule has 0 fully saturated rings. The lowest BCUT2D eigenvalue weighted by atomic mass is 10.2. The number of hydrogen-bond acceptors (Lipinski definition) is 3. The lowest BCUT2D eigenvalue weighted by Gasteiger charge is -2.14. The van der Waals surface area contributed by atoms with E-state index < -0.39 is 0 Å². The smallest absolute Gasteiger partial charge is 0.202 e. The Morgan fingerprint density at radius 3 is 2.52 bits per heavy atom. The van der Waals surface area contributed by atoms with Gasteiger partial charge in [0.2, 0.25) is 4.77 Å². The van der Waals surface area contributed by atoms with Crippen molar-refractivity contribution in [3.8, 4) is 17.1 Å². The molecule has 0 saturated heterocycles. The van der Waals surface area contributed by atoms with Crippen molar-refractivity contribution in [3.63, 3.8) is 0 Å². The van der Waals surface area contributed by atoms with Gasteiger partial charge in [0.15, 0.2) is 12.5 Å². The van der Waals surface area contributed by atoms with Crippen LogP contribution in [-0.2, 0) is 20.3 Å². The lowest BCUT2D eigenvalue weighted by Crippen LogP contribution is -3.07. The molecule has 3 aromatic rings. The number of nitrogens with one attached hydrogen (secondary N) is 1. The third-order valence-electron chi connectivity index (χ3n) is 4.32. The molecule has 2 aromatic carbocycles. The molecule has 0 aliphatic rings. The second-order valence-corrected chi connectivity index (χ2v) is 6.88. The van der Waals surface area contributed by atoms with Crippen molar-refractivity contribution in [1.29, 1.82) is 0 Å². The van der Waals surface area contributed by atoms with Gasteiger partial charge in [-0.1, -0.05) is 12.1 Å². The molecule has 0 radical (unpaired) electrons. The lowest BCUT2D eigenvalue weighted by molar-refractivity contribution is -0.917. The first kappa shape index (κ1) is 19.3. The quantitative estimate of drug-likeness (QED) is 0.634. The first-order valence-electron chi connectivity index (χ1n) is 8.91. The number of nitrogens with zero attached hydrogens (tertiary/aromatic N) is 3. The SMILES string of the molecule is CCOc1ccc(C[NH+](C)Cn2nc(-c3ccccc3F)n(C)c2=S)cc1. The van der Waals surface area contributed by atoms with Crippen LogP contribution >= 0.6 is 12.2 Å². The Morgan fingerprint density at radius 2 is 1.85 bits per heavy atom. The summed E-state index contributed by atoms with van der Waals surface area (Å²) in [5.74, 6) is 1.11. The molecule has 0 aliphatic carbocycles. The van der Waals surface area contributed by atoms with Gasteiger partial charge in [0, 0.05) is 12.6 Å². The Hall–Kier alpha value is -2.51. The summed E-state index contributed by atoms with van der Waals surface area (Å²) < 4.78 is 23.7. The molecular formula is C20H24FN4OS+. The molecule has 0 saturated carbocycles. The average molecular weight is 388 g/mol. The second-order valence-electron chi connectivity index (χ2n) is 6.51. The van der Waals surface area contributed by atoms with Gasteiger partial charge in [-0.25, -0.2) is 4.39 Å². The van der Waals surface area contributed by atoms with Gasteiger partial charge >= 0.3 is 0 Å². The highest BCUT2D eigenvalue weighted by molar-refractivity contribution is 7.71. The monoisotopic (exact) mass is 387 g/mol. The van der Waals surface area contributed by atoms with E-state index in [-0.39, 0.29) is 5.82 Å². The number of rotatable bonds is 7. The molecule has 1 unspecified atom stereocenters. The van der Waals surface area contributed by atoms with Gasteiger partial charge < -0.3 is 14.2 Å². The van der Waals surface area contributed by atoms with Crippen LogP contribution in [0.15, 0.2) is 48.5 Å².